The number of benzene rings is 4. The molecule has 0 radical (unpaired) electrons. The van der Waals surface area contributed by atoms with E-state index in [4.69, 9.17) is 20.0 Å². The van der Waals surface area contributed by atoms with E-state index in [9.17, 15) is 0 Å². The maximum Gasteiger partial charge on any atom is 0.187 e. The van der Waals surface area contributed by atoms with Crippen LogP contribution in [0.1, 0.15) is 22.3 Å². The number of nitrogens with zero attached hydrogens (tertiary/aromatic N) is 4. The Morgan fingerprint density at radius 2 is 0.449 bits per heavy atom. The summed E-state index contributed by atoms with van der Waals surface area (Å²) in [4.78, 5) is 21.2. The van der Waals surface area contributed by atoms with E-state index in [1.807, 2.05) is 24.3 Å². The van der Waals surface area contributed by atoms with Crippen LogP contribution in [0.3, 0.4) is 0 Å². The Morgan fingerprint density at radius 3 is 0.653 bits per heavy atom. The molecule has 5 aliphatic heterocycles. The smallest absolute Gasteiger partial charge is 0.187 e. The van der Waals surface area contributed by atoms with E-state index in [1.54, 1.807) is 0 Å². The average Bonchev–Trinajstić information content (AvgIpc) is 3.98. The summed E-state index contributed by atoms with van der Waals surface area (Å²) < 4.78 is 0. The fourth-order valence-electron chi connectivity index (χ4n) is 6.69. The third-order valence-electron chi connectivity index (χ3n) is 8.86. The molecular weight excluding hydrogens is 611 g/mol. The highest BCUT2D eigenvalue weighted by Gasteiger charge is 2.27. The largest absolute Gasteiger partial charge is 0.248 e. The van der Waals surface area contributed by atoms with Crippen molar-refractivity contribution < 1.29 is 0 Å². The number of hydrogen-bond acceptors (Lipinski definition) is 4. The molecule has 0 saturated carbocycles. The molecule has 5 heterocycles. The van der Waals surface area contributed by atoms with Crippen molar-refractivity contribution in [2.24, 2.45) is 20.0 Å². The third-order valence-corrected chi connectivity index (χ3v) is 8.86. The Labute approximate surface area is 296 Å². The molecule has 4 aromatic carbocycles. The lowest BCUT2D eigenvalue weighted by Gasteiger charge is -2.12. The molecule has 0 unspecified atom stereocenters. The summed E-state index contributed by atoms with van der Waals surface area (Å²) in [6, 6.07) is 41.6. The molecule has 230 valence electrons. The minimum atomic E-state index is 0. The molecule has 8 bridgehead atoms. The molecule has 4 aromatic rings. The number of aliphatic imine (C=N–C) groups is 4. The molecule has 0 saturated heterocycles. The molecule has 0 aromatic heterocycles. The number of hydrogen-bond donors (Lipinski definition) is 0. The summed E-state index contributed by atoms with van der Waals surface area (Å²) in [5, 5.41) is 0. The highest BCUT2D eigenvalue weighted by molar-refractivity contribution is 6.39. The SMILES string of the molecule is C1=CC2=C(c3ccccc3)C3=NC(=C(c4ccccc4)C4=NC(=C(c5ccccc5)C5=NC(=C(c6ccccc6)C1=N2)C=C5)C=C4)C=C3.[AlH3]. The van der Waals surface area contributed by atoms with E-state index in [2.05, 4.69) is 146 Å². The molecule has 49 heavy (non-hydrogen) atoms. The first-order chi connectivity index (χ1) is 23.8. The molecule has 0 atom stereocenters. The Bertz CT molecular complexity index is 2040. The molecule has 0 amide bonds. The van der Waals surface area contributed by atoms with Crippen LogP contribution in [-0.2, 0) is 0 Å². The van der Waals surface area contributed by atoms with Crippen LogP contribution in [-0.4, -0.2) is 40.2 Å². The van der Waals surface area contributed by atoms with Crippen LogP contribution < -0.4 is 0 Å². The highest BCUT2D eigenvalue weighted by atomic mass is 27.0. The van der Waals surface area contributed by atoms with Crippen LogP contribution in [0.25, 0.3) is 22.3 Å². The van der Waals surface area contributed by atoms with Gasteiger partial charge in [-0.2, -0.15) is 0 Å². The maximum absolute atomic E-state index is 5.31. The quantitative estimate of drug-likeness (QED) is 0.201. The normalized spacial score (nSPS) is 17.5. The van der Waals surface area contributed by atoms with E-state index >= 15 is 0 Å². The fraction of sp³-hybridized carbons (Fsp3) is 0. The molecule has 5 heteroatoms. The molecule has 0 fully saturated rings. The summed E-state index contributed by atoms with van der Waals surface area (Å²) in [5.41, 5.74) is 15.0. The molecule has 0 spiro atoms. The van der Waals surface area contributed by atoms with Crippen molar-refractivity contribution in [2.45, 2.75) is 0 Å². The van der Waals surface area contributed by atoms with Crippen molar-refractivity contribution in [1.82, 2.24) is 0 Å². The van der Waals surface area contributed by atoms with Gasteiger partial charge in [0.1, 0.15) is 0 Å². The van der Waals surface area contributed by atoms with Gasteiger partial charge in [0.05, 0.1) is 45.6 Å². The topological polar surface area (TPSA) is 49.4 Å². The van der Waals surface area contributed by atoms with Crippen LogP contribution in [0.5, 0.6) is 0 Å². The monoisotopic (exact) mass is 642 g/mol. The van der Waals surface area contributed by atoms with Gasteiger partial charge in [-0.1, -0.05) is 121 Å². The van der Waals surface area contributed by atoms with Crippen LogP contribution in [0.4, 0.5) is 0 Å². The van der Waals surface area contributed by atoms with Gasteiger partial charge in [-0.05, 0) is 70.9 Å². The van der Waals surface area contributed by atoms with Gasteiger partial charge >= 0.3 is 0 Å². The fourth-order valence-corrected chi connectivity index (χ4v) is 6.69. The molecule has 5 aliphatic rings. The minimum Gasteiger partial charge on any atom is -0.248 e. The maximum atomic E-state index is 5.31. The first-order valence-corrected chi connectivity index (χ1v) is 16.1. The summed E-state index contributed by atoms with van der Waals surface area (Å²) in [5.74, 6) is 0. The number of allylic oxidation sites excluding steroid dienone is 12. The molecule has 0 aliphatic carbocycles. The summed E-state index contributed by atoms with van der Waals surface area (Å²) in [6.07, 6.45) is 16.8. The zero-order chi connectivity index (χ0) is 31.9. The lowest BCUT2D eigenvalue weighted by Crippen LogP contribution is -2.03. The van der Waals surface area contributed by atoms with Crippen molar-refractivity contribution in [1.29, 1.82) is 0 Å². The van der Waals surface area contributed by atoms with Crippen molar-refractivity contribution >= 4 is 62.5 Å². The van der Waals surface area contributed by atoms with Crippen molar-refractivity contribution in [3.05, 3.63) is 215 Å². The Morgan fingerprint density at radius 1 is 0.245 bits per heavy atom. The predicted molar refractivity (Wildman–Crippen MR) is 210 cm³/mol. The van der Waals surface area contributed by atoms with Gasteiger partial charge in [-0.25, -0.2) is 20.0 Å². The van der Waals surface area contributed by atoms with E-state index in [1.165, 1.54) is 0 Å². The van der Waals surface area contributed by atoms with Crippen molar-refractivity contribution in [3.8, 4) is 0 Å². The van der Waals surface area contributed by atoms with E-state index in [0.29, 0.717) is 0 Å². The van der Waals surface area contributed by atoms with Gasteiger partial charge in [0.25, 0.3) is 0 Å². The average molecular weight is 643 g/mol. The van der Waals surface area contributed by atoms with Gasteiger partial charge in [0.2, 0.25) is 0 Å². The number of fused-ring (bicyclic) bond motifs is 4. The Hall–Kier alpha value is -5.99. The summed E-state index contributed by atoms with van der Waals surface area (Å²) >= 11 is 0. The third kappa shape index (κ3) is 5.56. The van der Waals surface area contributed by atoms with Crippen LogP contribution in [0.2, 0.25) is 0 Å². The number of rotatable bonds is 4. The van der Waals surface area contributed by atoms with Crippen molar-refractivity contribution in [3.63, 3.8) is 0 Å². The van der Waals surface area contributed by atoms with Crippen molar-refractivity contribution in [2.75, 3.05) is 0 Å². The van der Waals surface area contributed by atoms with E-state index < -0.39 is 0 Å². The second-order valence-electron chi connectivity index (χ2n) is 11.8. The standard InChI is InChI=1S/C44H28N4.Al.3H/c1-5-13-29(14-6-1)41-33-21-23-35(45-33)42(30-15-7-2-8-16-30)37-25-27-39(47-37)44(32-19-11-4-12-20-32)40-28-26-38(48-40)43(31-17-9-3-10-18-31)36-24-22-34(41)46-36;;;;/h1-28H;;;;. The Balaban J connectivity index is 0.00000348. The molecular formula is C44H31AlN4. The minimum absolute atomic E-state index is 0. The predicted octanol–water partition coefficient (Wildman–Crippen LogP) is 8.50. The van der Waals surface area contributed by atoms with Gasteiger partial charge in [0, 0.05) is 22.3 Å². The summed E-state index contributed by atoms with van der Waals surface area (Å²) in [7, 11) is 0. The van der Waals surface area contributed by atoms with Crippen LogP contribution >= 0.6 is 0 Å². The lowest BCUT2D eigenvalue weighted by molar-refractivity contribution is 1.41. The van der Waals surface area contributed by atoms with E-state index in [-0.39, 0.29) is 17.4 Å². The van der Waals surface area contributed by atoms with Gasteiger partial charge in [-0.15, -0.1) is 0 Å². The van der Waals surface area contributed by atoms with Crippen LogP contribution in [0, 0.1) is 0 Å². The first-order valence-electron chi connectivity index (χ1n) is 16.1. The Kier molecular flexibility index (Phi) is 7.99. The van der Waals surface area contributed by atoms with Gasteiger partial charge < -0.3 is 0 Å². The molecule has 0 N–H and O–H groups in total. The zero-order valence-corrected chi connectivity index (χ0v) is 26.0. The highest BCUT2D eigenvalue weighted by Crippen LogP contribution is 2.38. The second kappa shape index (κ2) is 12.9. The summed E-state index contributed by atoms with van der Waals surface area (Å²) in [6.45, 7) is 0. The van der Waals surface area contributed by atoms with Crippen LogP contribution in [0.15, 0.2) is 213 Å². The van der Waals surface area contributed by atoms with E-state index in [0.717, 1.165) is 90.2 Å². The first kappa shape index (κ1) is 30.4. The second-order valence-corrected chi connectivity index (χ2v) is 11.8. The van der Waals surface area contributed by atoms with Gasteiger partial charge in [0.15, 0.2) is 17.4 Å². The van der Waals surface area contributed by atoms with Gasteiger partial charge in [-0.3, -0.25) is 0 Å². The molecule has 9 rings (SSSR count). The zero-order valence-electron chi connectivity index (χ0n) is 26.0. The molecule has 4 nitrogen and oxygen atoms in total. The lowest BCUT2D eigenvalue weighted by atomic mass is 9.98.